The first-order valence-corrected chi connectivity index (χ1v) is 12.8. The van der Waals surface area contributed by atoms with Crippen molar-refractivity contribution in [3.05, 3.63) is 48.7 Å². The third-order valence-corrected chi connectivity index (χ3v) is 6.05. The molecule has 0 spiro atoms. The number of hydrogen-bond acceptors (Lipinski definition) is 3. The van der Waals surface area contributed by atoms with Gasteiger partial charge in [0, 0.05) is 24.1 Å². The number of amides is 2. The quantitative estimate of drug-likeness (QED) is 0.185. The Morgan fingerprint density at radius 3 is 2.34 bits per heavy atom. The lowest BCUT2D eigenvalue weighted by Gasteiger charge is -2.22. The maximum Gasteiger partial charge on any atom is 0.326 e. The Hall–Kier alpha value is -3.09. The minimum absolute atomic E-state index is 0.130. The number of carbonyl (C=O) groups is 3. The van der Waals surface area contributed by atoms with Crippen molar-refractivity contribution in [1.29, 1.82) is 0 Å². The Kier molecular flexibility index (Phi) is 12.1. The van der Waals surface area contributed by atoms with Crippen LogP contribution in [0.25, 0.3) is 10.9 Å². The van der Waals surface area contributed by atoms with Crippen molar-refractivity contribution in [2.75, 3.05) is 0 Å². The molecule has 0 radical (unpaired) electrons. The molecule has 1 heterocycles. The summed E-state index contributed by atoms with van der Waals surface area (Å²) in [5.41, 5.74) is 1.65. The average molecular weight is 484 g/mol. The van der Waals surface area contributed by atoms with Gasteiger partial charge in [-0.3, -0.25) is 9.59 Å². The van der Waals surface area contributed by atoms with Crippen molar-refractivity contribution >= 4 is 28.7 Å². The molecular formula is C28H41N3O4. The van der Waals surface area contributed by atoms with Crippen LogP contribution < -0.4 is 10.6 Å². The summed E-state index contributed by atoms with van der Waals surface area (Å²) in [6.07, 6.45) is 10.3. The molecule has 4 N–H and O–H groups in total. The highest BCUT2D eigenvalue weighted by Crippen LogP contribution is 2.16. The van der Waals surface area contributed by atoms with E-state index in [1.165, 1.54) is 6.42 Å². The van der Waals surface area contributed by atoms with Gasteiger partial charge in [0.2, 0.25) is 11.8 Å². The third-order valence-electron chi connectivity index (χ3n) is 6.05. The molecule has 0 aliphatic heterocycles. The second-order valence-electron chi connectivity index (χ2n) is 9.68. The molecule has 2 rings (SSSR count). The third kappa shape index (κ3) is 10.4. The number of nitrogens with one attached hydrogen (secondary N) is 3. The van der Waals surface area contributed by atoms with Crippen LogP contribution in [0.5, 0.6) is 0 Å². The van der Waals surface area contributed by atoms with Crippen LogP contribution in [0.1, 0.15) is 77.3 Å². The largest absolute Gasteiger partial charge is 0.480 e. The Balaban J connectivity index is 1.87. The van der Waals surface area contributed by atoms with Gasteiger partial charge in [0.1, 0.15) is 12.1 Å². The van der Waals surface area contributed by atoms with Crippen molar-refractivity contribution in [3.8, 4) is 0 Å². The molecule has 2 unspecified atom stereocenters. The van der Waals surface area contributed by atoms with Crippen molar-refractivity contribution in [1.82, 2.24) is 15.6 Å². The van der Waals surface area contributed by atoms with Gasteiger partial charge in [-0.05, 0) is 49.1 Å². The number of carboxylic acid groups (broad SMARTS) is 1. The van der Waals surface area contributed by atoms with E-state index in [9.17, 15) is 19.5 Å². The molecule has 1 aromatic heterocycles. The van der Waals surface area contributed by atoms with Gasteiger partial charge in [-0.25, -0.2) is 4.79 Å². The molecule has 7 heteroatoms. The van der Waals surface area contributed by atoms with E-state index in [4.69, 9.17) is 0 Å². The number of benzene rings is 1. The lowest BCUT2D eigenvalue weighted by atomic mass is 10.0. The number of allylic oxidation sites excluding steroid dienone is 1. The average Bonchev–Trinajstić information content (AvgIpc) is 3.22. The molecule has 192 valence electrons. The standard InChI is InChI=1S/C28H41N3O4/c1-4-5-6-7-8-9-10-11-16-26(32)30-24(17-20(2)3)27(33)31-25(28(34)35)19-22-18-21-14-12-13-15-23(21)29-22/h4,12-15,18,20,24-25,29H,1,5-11,16-17,19H2,2-3H3,(H,30,32)(H,31,33)(H,34,35). The van der Waals surface area contributed by atoms with Gasteiger partial charge in [-0.1, -0.05) is 63.8 Å². The van der Waals surface area contributed by atoms with E-state index in [0.29, 0.717) is 12.8 Å². The van der Waals surface area contributed by atoms with Crippen LogP contribution >= 0.6 is 0 Å². The first-order valence-electron chi connectivity index (χ1n) is 12.8. The van der Waals surface area contributed by atoms with Crippen LogP contribution in [0.4, 0.5) is 0 Å². The molecule has 0 aliphatic rings. The van der Waals surface area contributed by atoms with Crippen molar-refractivity contribution in [3.63, 3.8) is 0 Å². The second-order valence-corrected chi connectivity index (χ2v) is 9.68. The number of H-pyrrole nitrogens is 1. The molecule has 0 saturated heterocycles. The predicted molar refractivity (Wildman–Crippen MR) is 140 cm³/mol. The number of para-hydroxylation sites is 1. The topological polar surface area (TPSA) is 111 Å². The monoisotopic (exact) mass is 483 g/mol. The van der Waals surface area contributed by atoms with Gasteiger partial charge in [0.25, 0.3) is 0 Å². The van der Waals surface area contributed by atoms with Crippen molar-refractivity contribution in [2.24, 2.45) is 5.92 Å². The first-order chi connectivity index (χ1) is 16.8. The summed E-state index contributed by atoms with van der Waals surface area (Å²) < 4.78 is 0. The maximum absolute atomic E-state index is 13.0. The summed E-state index contributed by atoms with van der Waals surface area (Å²) in [5, 5.41) is 16.2. The fourth-order valence-electron chi connectivity index (χ4n) is 4.19. The molecule has 0 aliphatic carbocycles. The van der Waals surface area contributed by atoms with E-state index in [0.717, 1.165) is 55.1 Å². The predicted octanol–water partition coefficient (Wildman–Crippen LogP) is 5.12. The van der Waals surface area contributed by atoms with Crippen LogP contribution in [0.2, 0.25) is 0 Å². The SMILES string of the molecule is C=CCCCCCCCCC(=O)NC(CC(C)C)C(=O)NC(Cc1cc2ccccc2[nH]1)C(=O)O. The van der Waals surface area contributed by atoms with Crippen LogP contribution in [0.15, 0.2) is 43.0 Å². The van der Waals surface area contributed by atoms with E-state index in [1.807, 2.05) is 50.3 Å². The summed E-state index contributed by atoms with van der Waals surface area (Å²) >= 11 is 0. The normalized spacial score (nSPS) is 12.9. The molecule has 2 aromatic rings. The Labute approximate surface area is 208 Å². The molecular weight excluding hydrogens is 442 g/mol. The summed E-state index contributed by atoms with van der Waals surface area (Å²) in [6.45, 7) is 7.67. The first kappa shape index (κ1) is 28.1. The molecule has 1 aromatic carbocycles. The number of fused-ring (bicyclic) bond motifs is 1. The lowest BCUT2D eigenvalue weighted by Crippen LogP contribution is -2.52. The van der Waals surface area contributed by atoms with E-state index < -0.39 is 24.0 Å². The van der Waals surface area contributed by atoms with Gasteiger partial charge >= 0.3 is 5.97 Å². The van der Waals surface area contributed by atoms with E-state index in [1.54, 1.807) is 0 Å². The summed E-state index contributed by atoms with van der Waals surface area (Å²) in [5.74, 6) is -1.57. The number of carboxylic acids is 1. The molecule has 35 heavy (non-hydrogen) atoms. The Morgan fingerprint density at radius 2 is 1.69 bits per heavy atom. The van der Waals surface area contributed by atoms with Gasteiger partial charge < -0.3 is 20.7 Å². The highest BCUT2D eigenvalue weighted by molar-refractivity contribution is 5.90. The summed E-state index contributed by atoms with van der Waals surface area (Å²) in [6, 6.07) is 7.73. The van der Waals surface area contributed by atoms with E-state index >= 15 is 0 Å². The maximum atomic E-state index is 13.0. The summed E-state index contributed by atoms with van der Waals surface area (Å²) in [4.78, 5) is 40.6. The smallest absolute Gasteiger partial charge is 0.326 e. The zero-order valence-corrected chi connectivity index (χ0v) is 21.1. The van der Waals surface area contributed by atoms with Crippen molar-refractivity contribution in [2.45, 2.75) is 90.1 Å². The number of unbranched alkanes of at least 4 members (excludes halogenated alkanes) is 6. The molecule has 2 amide bonds. The minimum Gasteiger partial charge on any atom is -0.480 e. The lowest BCUT2D eigenvalue weighted by molar-refractivity contribution is -0.142. The Morgan fingerprint density at radius 1 is 1.00 bits per heavy atom. The number of aliphatic carboxylic acids is 1. The van der Waals surface area contributed by atoms with Gasteiger partial charge in [0.05, 0.1) is 0 Å². The fourth-order valence-corrected chi connectivity index (χ4v) is 4.19. The highest BCUT2D eigenvalue weighted by atomic mass is 16.4. The summed E-state index contributed by atoms with van der Waals surface area (Å²) in [7, 11) is 0. The zero-order valence-electron chi connectivity index (χ0n) is 21.1. The van der Waals surface area contributed by atoms with Crippen LogP contribution in [-0.2, 0) is 20.8 Å². The van der Waals surface area contributed by atoms with E-state index in [-0.39, 0.29) is 18.2 Å². The molecule has 7 nitrogen and oxygen atoms in total. The van der Waals surface area contributed by atoms with Crippen molar-refractivity contribution < 1.29 is 19.5 Å². The number of carbonyl (C=O) groups excluding carboxylic acids is 2. The molecule has 0 saturated carbocycles. The second kappa shape index (κ2) is 15.0. The molecule has 0 fully saturated rings. The minimum atomic E-state index is -1.11. The van der Waals surface area contributed by atoms with E-state index in [2.05, 4.69) is 22.2 Å². The molecule has 2 atom stereocenters. The van der Waals surface area contributed by atoms with Crippen LogP contribution in [-0.4, -0.2) is 40.0 Å². The fraction of sp³-hybridized carbons (Fsp3) is 0.536. The number of aromatic amines is 1. The highest BCUT2D eigenvalue weighted by Gasteiger charge is 2.27. The number of aromatic nitrogens is 1. The molecule has 0 bridgehead atoms. The zero-order chi connectivity index (χ0) is 25.6. The Bertz CT molecular complexity index is 933. The van der Waals surface area contributed by atoms with Crippen LogP contribution in [0.3, 0.4) is 0 Å². The van der Waals surface area contributed by atoms with Gasteiger partial charge in [-0.2, -0.15) is 0 Å². The number of hydrogen-bond donors (Lipinski definition) is 4. The van der Waals surface area contributed by atoms with Gasteiger partial charge in [-0.15, -0.1) is 6.58 Å². The number of rotatable bonds is 17. The van der Waals surface area contributed by atoms with Gasteiger partial charge in [0.15, 0.2) is 0 Å². The van der Waals surface area contributed by atoms with Crippen LogP contribution in [0, 0.1) is 5.92 Å².